The van der Waals surface area contributed by atoms with Crippen LogP contribution >= 0.6 is 0 Å². The van der Waals surface area contributed by atoms with Crippen LogP contribution in [0.4, 0.5) is 11.4 Å². The van der Waals surface area contributed by atoms with Crippen LogP contribution in [-0.4, -0.2) is 38.8 Å². The third kappa shape index (κ3) is 2.89. The summed E-state index contributed by atoms with van der Waals surface area (Å²) in [5.74, 6) is 0.0652. The minimum atomic E-state index is -0.330. The number of nitrogens with one attached hydrogen (secondary N) is 1. The molecule has 0 radical (unpaired) electrons. The summed E-state index contributed by atoms with van der Waals surface area (Å²) in [4.78, 5) is 14.6. The van der Waals surface area contributed by atoms with Gasteiger partial charge < -0.3 is 20.7 Å². The van der Waals surface area contributed by atoms with Gasteiger partial charge in [-0.05, 0) is 37.1 Å². The molecule has 1 amide bonds. The fourth-order valence-corrected chi connectivity index (χ4v) is 2.97. The molecule has 1 heterocycles. The van der Waals surface area contributed by atoms with Crippen LogP contribution in [0.1, 0.15) is 19.3 Å². The first-order chi connectivity index (χ1) is 10.2. The molecule has 0 spiro atoms. The van der Waals surface area contributed by atoms with Gasteiger partial charge in [0.25, 0.3) is 0 Å². The molecule has 2 aliphatic rings. The van der Waals surface area contributed by atoms with Gasteiger partial charge in [0, 0.05) is 31.0 Å². The van der Waals surface area contributed by atoms with E-state index in [4.69, 9.17) is 10.5 Å². The van der Waals surface area contributed by atoms with Crippen LogP contribution in [-0.2, 0) is 9.53 Å². The summed E-state index contributed by atoms with van der Waals surface area (Å²) < 4.78 is 5.36. The van der Waals surface area contributed by atoms with Crippen LogP contribution in [0.3, 0.4) is 0 Å². The Kier molecular flexibility index (Phi) is 4.12. The van der Waals surface area contributed by atoms with Crippen LogP contribution in [0.25, 0.3) is 0 Å². The number of morpholine rings is 1. The van der Waals surface area contributed by atoms with Gasteiger partial charge in [-0.3, -0.25) is 4.79 Å². The van der Waals surface area contributed by atoms with Gasteiger partial charge in [-0.25, -0.2) is 0 Å². The fourth-order valence-electron chi connectivity index (χ4n) is 2.97. The molecule has 0 atom stereocenters. The van der Waals surface area contributed by atoms with Gasteiger partial charge in [0.2, 0.25) is 5.91 Å². The number of rotatable bonds is 4. The Hall–Kier alpha value is -1.59. The number of nitrogens with two attached hydrogens (primary N) is 1. The highest BCUT2D eigenvalue weighted by Crippen LogP contribution is 2.40. The molecule has 1 saturated heterocycles. The van der Waals surface area contributed by atoms with E-state index in [1.807, 2.05) is 12.1 Å². The van der Waals surface area contributed by atoms with E-state index in [0.717, 1.165) is 51.3 Å². The van der Waals surface area contributed by atoms with E-state index >= 15 is 0 Å². The average Bonchev–Trinajstić information content (AvgIpc) is 2.48. The van der Waals surface area contributed by atoms with Crippen LogP contribution in [0.2, 0.25) is 0 Å². The molecular weight excluding hydrogens is 266 g/mol. The maximum atomic E-state index is 12.3. The zero-order valence-electron chi connectivity index (χ0n) is 12.3. The van der Waals surface area contributed by atoms with Gasteiger partial charge in [-0.2, -0.15) is 0 Å². The highest BCUT2D eigenvalue weighted by atomic mass is 16.5. The lowest BCUT2D eigenvalue weighted by molar-refractivity contribution is -0.129. The van der Waals surface area contributed by atoms with Gasteiger partial charge >= 0.3 is 0 Å². The van der Waals surface area contributed by atoms with Gasteiger partial charge in [-0.1, -0.05) is 6.42 Å². The Balaban J connectivity index is 1.63. The summed E-state index contributed by atoms with van der Waals surface area (Å²) in [5.41, 5.74) is 7.45. The molecule has 21 heavy (non-hydrogen) atoms. The van der Waals surface area contributed by atoms with Gasteiger partial charge in [0.15, 0.2) is 0 Å². The number of anilines is 2. The normalized spacial score (nSPS) is 20.7. The molecule has 5 nitrogen and oxygen atoms in total. The number of amides is 1. The third-order valence-corrected chi connectivity index (χ3v) is 4.68. The molecule has 1 aromatic rings. The summed E-state index contributed by atoms with van der Waals surface area (Å²) in [6, 6.07) is 8.03. The molecule has 114 valence electrons. The van der Waals surface area contributed by atoms with Gasteiger partial charge in [0.1, 0.15) is 0 Å². The van der Waals surface area contributed by atoms with Crippen LogP contribution < -0.4 is 16.0 Å². The number of hydrogen-bond donors (Lipinski definition) is 2. The molecule has 3 N–H and O–H groups in total. The van der Waals surface area contributed by atoms with E-state index in [9.17, 15) is 4.79 Å². The molecule has 3 rings (SSSR count). The number of hydrogen-bond acceptors (Lipinski definition) is 4. The topological polar surface area (TPSA) is 67.6 Å². The largest absolute Gasteiger partial charge is 0.378 e. The predicted molar refractivity (Wildman–Crippen MR) is 83.4 cm³/mol. The van der Waals surface area contributed by atoms with Crippen molar-refractivity contribution in [1.82, 2.24) is 0 Å². The zero-order valence-corrected chi connectivity index (χ0v) is 12.3. The van der Waals surface area contributed by atoms with Crippen molar-refractivity contribution in [2.75, 3.05) is 43.1 Å². The minimum Gasteiger partial charge on any atom is -0.378 e. The molecular formula is C16H23N3O2. The second kappa shape index (κ2) is 6.03. The fraction of sp³-hybridized carbons (Fsp3) is 0.562. The molecule has 0 aromatic heterocycles. The highest BCUT2D eigenvalue weighted by Gasteiger charge is 2.42. The van der Waals surface area contributed by atoms with Crippen LogP contribution in [0.15, 0.2) is 24.3 Å². The maximum Gasteiger partial charge on any atom is 0.231 e. The highest BCUT2D eigenvalue weighted by molar-refractivity contribution is 5.96. The van der Waals surface area contributed by atoms with E-state index < -0.39 is 0 Å². The van der Waals surface area contributed by atoms with Crippen molar-refractivity contribution in [3.05, 3.63) is 24.3 Å². The van der Waals surface area contributed by atoms with E-state index in [-0.39, 0.29) is 11.3 Å². The Morgan fingerprint density at radius 1 is 1.24 bits per heavy atom. The van der Waals surface area contributed by atoms with Crippen molar-refractivity contribution in [2.45, 2.75) is 19.3 Å². The zero-order chi connectivity index (χ0) is 14.7. The third-order valence-electron chi connectivity index (χ3n) is 4.68. The van der Waals surface area contributed by atoms with Crippen molar-refractivity contribution in [1.29, 1.82) is 0 Å². The van der Waals surface area contributed by atoms with Crippen molar-refractivity contribution < 1.29 is 9.53 Å². The van der Waals surface area contributed by atoms with Gasteiger partial charge in [-0.15, -0.1) is 0 Å². The second-order valence-corrected chi connectivity index (χ2v) is 5.94. The summed E-state index contributed by atoms with van der Waals surface area (Å²) in [5, 5.41) is 3.00. The van der Waals surface area contributed by atoms with Crippen LogP contribution in [0, 0.1) is 5.41 Å². The van der Waals surface area contributed by atoms with E-state index in [2.05, 4.69) is 22.3 Å². The molecule has 1 aromatic carbocycles. The Bertz CT molecular complexity index is 485. The number of ether oxygens (including phenoxy) is 1. The lowest BCUT2D eigenvalue weighted by Gasteiger charge is -2.39. The van der Waals surface area contributed by atoms with Crippen molar-refractivity contribution in [3.63, 3.8) is 0 Å². The first-order valence-corrected chi connectivity index (χ1v) is 7.68. The van der Waals surface area contributed by atoms with E-state index in [1.54, 1.807) is 0 Å². The number of carbonyl (C=O) groups excluding carboxylic acids is 1. The Morgan fingerprint density at radius 3 is 2.43 bits per heavy atom. The summed E-state index contributed by atoms with van der Waals surface area (Å²) in [6.45, 7) is 3.82. The molecule has 1 aliphatic heterocycles. The lowest BCUT2D eigenvalue weighted by Crippen LogP contribution is -2.47. The maximum absolute atomic E-state index is 12.3. The van der Waals surface area contributed by atoms with E-state index in [0.29, 0.717) is 6.54 Å². The Morgan fingerprint density at radius 2 is 1.90 bits per heavy atom. The minimum absolute atomic E-state index is 0.0652. The smallest absolute Gasteiger partial charge is 0.231 e. The second-order valence-electron chi connectivity index (χ2n) is 5.94. The van der Waals surface area contributed by atoms with Crippen molar-refractivity contribution >= 4 is 17.3 Å². The number of nitrogens with zero attached hydrogens (tertiary/aromatic N) is 1. The van der Waals surface area contributed by atoms with Crippen molar-refractivity contribution in [3.8, 4) is 0 Å². The predicted octanol–water partition coefficient (Wildman–Crippen LogP) is 1.59. The molecule has 5 heteroatoms. The average molecular weight is 289 g/mol. The molecule has 1 saturated carbocycles. The standard InChI is InChI=1S/C16H23N3O2/c17-12-16(6-1-7-16)15(20)18-13-2-4-14(5-3-13)19-8-10-21-11-9-19/h2-5H,1,6-12,17H2,(H,18,20). The first kappa shape index (κ1) is 14.4. The first-order valence-electron chi connectivity index (χ1n) is 7.68. The monoisotopic (exact) mass is 289 g/mol. The SMILES string of the molecule is NCC1(C(=O)Nc2ccc(N3CCOCC3)cc2)CCC1. The van der Waals surface area contributed by atoms with Crippen molar-refractivity contribution in [2.24, 2.45) is 11.1 Å². The quantitative estimate of drug-likeness (QED) is 0.883. The number of benzene rings is 1. The Labute approximate surface area is 125 Å². The molecule has 2 fully saturated rings. The molecule has 1 aliphatic carbocycles. The summed E-state index contributed by atoms with van der Waals surface area (Å²) in [6.07, 6.45) is 2.91. The summed E-state index contributed by atoms with van der Waals surface area (Å²) >= 11 is 0. The van der Waals surface area contributed by atoms with Gasteiger partial charge in [0.05, 0.1) is 18.6 Å². The van der Waals surface area contributed by atoms with E-state index in [1.165, 1.54) is 5.69 Å². The summed E-state index contributed by atoms with van der Waals surface area (Å²) in [7, 11) is 0. The molecule has 0 unspecified atom stereocenters. The molecule has 0 bridgehead atoms. The van der Waals surface area contributed by atoms with Crippen LogP contribution in [0.5, 0.6) is 0 Å². The number of carbonyl (C=O) groups is 1. The lowest BCUT2D eigenvalue weighted by atomic mass is 9.68.